The van der Waals surface area contributed by atoms with E-state index in [1.165, 1.54) is 24.4 Å². The predicted octanol–water partition coefficient (Wildman–Crippen LogP) is 3.60. The largest absolute Gasteiger partial charge is 0.492 e. The minimum Gasteiger partial charge on any atom is -0.492 e. The predicted molar refractivity (Wildman–Crippen MR) is 183 cm³/mol. The second-order valence-electron chi connectivity index (χ2n) is 12.2. The summed E-state index contributed by atoms with van der Waals surface area (Å²) in [5, 5.41) is 18.5. The minimum atomic E-state index is -0.978. The molecule has 1 aromatic heterocycles. The number of rotatable bonds is 11. The molecule has 1 aliphatic carbocycles. The zero-order valence-electron chi connectivity index (χ0n) is 26.5. The molecule has 0 unspecified atom stereocenters. The molecule has 10 nitrogen and oxygen atoms in total. The summed E-state index contributed by atoms with van der Waals surface area (Å²) in [6.45, 7) is 10.2. The SMILES string of the molecule is CN1CCNCC1.O=C(O)CC1(C(=O)NCc2nc(-c3ccc(OCCCN4CCOCC4)c(S)c3)cs2)Cc2ccccc2C1. The number of hydrogen-bond acceptors (Lipinski definition) is 10. The second kappa shape index (κ2) is 16.7. The van der Waals surface area contributed by atoms with Crippen LogP contribution < -0.4 is 15.4 Å². The van der Waals surface area contributed by atoms with Crippen LogP contribution in [0.4, 0.5) is 0 Å². The lowest BCUT2D eigenvalue weighted by molar-refractivity contribution is -0.145. The fourth-order valence-electron chi connectivity index (χ4n) is 6.09. The lowest BCUT2D eigenvalue weighted by Gasteiger charge is -2.26. The topological polar surface area (TPSA) is 116 Å². The maximum Gasteiger partial charge on any atom is 0.304 e. The Balaban J connectivity index is 0.000000527. The molecule has 12 heteroatoms. The number of thiol groups is 1. The monoisotopic (exact) mass is 667 g/mol. The average molecular weight is 668 g/mol. The number of carboxylic acid groups (broad SMARTS) is 1. The van der Waals surface area contributed by atoms with Gasteiger partial charge in [-0.3, -0.25) is 14.5 Å². The number of piperazine rings is 1. The van der Waals surface area contributed by atoms with Gasteiger partial charge in [-0.05, 0) is 55.6 Å². The molecule has 3 aliphatic rings. The molecule has 1 amide bonds. The third-order valence-corrected chi connectivity index (χ3v) is 9.87. The highest BCUT2D eigenvalue weighted by atomic mass is 32.1. The van der Waals surface area contributed by atoms with E-state index in [2.05, 4.69) is 40.1 Å². The Kier molecular flexibility index (Phi) is 12.5. The minimum absolute atomic E-state index is 0.205. The molecule has 0 bridgehead atoms. The van der Waals surface area contributed by atoms with E-state index in [1.807, 2.05) is 47.8 Å². The van der Waals surface area contributed by atoms with Gasteiger partial charge in [0.15, 0.2) is 0 Å². The number of aromatic nitrogens is 1. The lowest BCUT2D eigenvalue weighted by Crippen LogP contribution is -2.43. The molecule has 3 aromatic rings. The Morgan fingerprint density at radius 3 is 2.46 bits per heavy atom. The van der Waals surface area contributed by atoms with E-state index < -0.39 is 11.4 Å². The highest BCUT2D eigenvalue weighted by Gasteiger charge is 2.45. The number of fused-ring (bicyclic) bond motifs is 1. The van der Waals surface area contributed by atoms with Gasteiger partial charge in [0.05, 0.1) is 43.9 Å². The van der Waals surface area contributed by atoms with Crippen molar-refractivity contribution in [3.63, 3.8) is 0 Å². The first-order valence-electron chi connectivity index (χ1n) is 16.0. The van der Waals surface area contributed by atoms with Crippen molar-refractivity contribution in [2.75, 3.05) is 72.7 Å². The van der Waals surface area contributed by atoms with Gasteiger partial charge in [-0.25, -0.2) is 4.98 Å². The Labute approximate surface area is 280 Å². The first-order chi connectivity index (χ1) is 22.3. The summed E-state index contributed by atoms with van der Waals surface area (Å²) >= 11 is 6.08. The van der Waals surface area contributed by atoms with Crippen LogP contribution >= 0.6 is 24.0 Å². The van der Waals surface area contributed by atoms with Gasteiger partial charge in [0, 0.05) is 61.7 Å². The zero-order chi connectivity index (χ0) is 32.4. The molecular weight excluding hydrogens is 623 g/mol. The van der Waals surface area contributed by atoms with Crippen LogP contribution in [0.25, 0.3) is 11.3 Å². The molecule has 3 N–H and O–H groups in total. The van der Waals surface area contributed by atoms with Crippen LogP contribution in [0.15, 0.2) is 52.7 Å². The lowest BCUT2D eigenvalue weighted by atomic mass is 9.80. The standard InChI is InChI=1S/C29H33N3O5S2.C5H12N2/c33-27(34)17-29(15-21-4-1-2-5-22(21)16-29)28(35)30-18-26-31-23(19-39-26)20-6-7-24(25(38)14-20)37-11-3-8-32-9-12-36-13-10-32;1-7-4-2-6-3-5-7/h1-2,4-7,14,19,38H,3,8-13,15-18H2,(H,30,35)(H,33,34);6H,2-5H2,1H3. The zero-order valence-corrected chi connectivity index (χ0v) is 28.2. The van der Waals surface area contributed by atoms with Crippen LogP contribution in [0.1, 0.15) is 29.0 Å². The van der Waals surface area contributed by atoms with Crippen molar-refractivity contribution in [1.29, 1.82) is 0 Å². The van der Waals surface area contributed by atoms with E-state index in [0.717, 1.165) is 90.4 Å². The summed E-state index contributed by atoms with van der Waals surface area (Å²) < 4.78 is 11.3. The number of hydrogen-bond donors (Lipinski definition) is 4. The van der Waals surface area contributed by atoms with E-state index in [9.17, 15) is 14.7 Å². The molecule has 2 aromatic carbocycles. The highest BCUT2D eigenvalue weighted by Crippen LogP contribution is 2.40. The summed E-state index contributed by atoms with van der Waals surface area (Å²) in [6, 6.07) is 13.6. The Morgan fingerprint density at radius 2 is 1.83 bits per heavy atom. The highest BCUT2D eigenvalue weighted by molar-refractivity contribution is 7.80. The fourth-order valence-corrected chi connectivity index (χ4v) is 7.11. The first kappa shape index (κ1) is 34.3. The maximum atomic E-state index is 13.3. The van der Waals surface area contributed by atoms with Gasteiger partial charge in [-0.2, -0.15) is 0 Å². The number of carboxylic acids is 1. The number of likely N-dealkylation sites (N-methyl/N-ethyl adjacent to an activating group) is 1. The van der Waals surface area contributed by atoms with Gasteiger partial charge in [-0.15, -0.1) is 24.0 Å². The quantitative estimate of drug-likeness (QED) is 0.180. The molecule has 2 aliphatic heterocycles. The molecule has 3 heterocycles. The molecule has 0 radical (unpaired) electrons. The van der Waals surface area contributed by atoms with E-state index in [4.69, 9.17) is 14.5 Å². The van der Waals surface area contributed by atoms with Crippen LogP contribution in [0.3, 0.4) is 0 Å². The van der Waals surface area contributed by atoms with E-state index in [-0.39, 0.29) is 18.9 Å². The van der Waals surface area contributed by atoms with E-state index in [1.54, 1.807) is 0 Å². The molecular formula is C34H45N5O5S2. The van der Waals surface area contributed by atoms with Gasteiger partial charge in [0.1, 0.15) is 10.8 Å². The Bertz CT molecular complexity index is 1430. The average Bonchev–Trinajstić information content (AvgIpc) is 3.69. The maximum absolute atomic E-state index is 13.3. The number of benzene rings is 2. The normalized spacial score (nSPS) is 17.9. The molecule has 0 saturated carbocycles. The third-order valence-electron chi connectivity index (χ3n) is 8.67. The number of thiazole rings is 1. The fraction of sp³-hybridized carbons (Fsp3) is 0.500. The Morgan fingerprint density at radius 1 is 1.11 bits per heavy atom. The third kappa shape index (κ3) is 9.52. The summed E-state index contributed by atoms with van der Waals surface area (Å²) in [7, 11) is 2.15. The summed E-state index contributed by atoms with van der Waals surface area (Å²) in [6.07, 6.45) is 1.59. The number of carbonyl (C=O) groups is 2. The molecule has 46 heavy (non-hydrogen) atoms. The Hall–Kier alpha value is -3.00. The van der Waals surface area contributed by atoms with Crippen LogP contribution in [0.2, 0.25) is 0 Å². The molecule has 0 atom stereocenters. The summed E-state index contributed by atoms with van der Waals surface area (Å²) in [5.74, 6) is -0.472. The van der Waals surface area contributed by atoms with Gasteiger partial charge in [-0.1, -0.05) is 24.3 Å². The van der Waals surface area contributed by atoms with Crippen LogP contribution in [-0.4, -0.2) is 104 Å². The smallest absolute Gasteiger partial charge is 0.304 e. The van der Waals surface area contributed by atoms with Crippen LogP contribution in [0, 0.1) is 5.41 Å². The number of aliphatic carboxylic acids is 1. The molecule has 248 valence electrons. The van der Waals surface area contributed by atoms with Gasteiger partial charge in [0.2, 0.25) is 5.91 Å². The number of amides is 1. The number of ether oxygens (including phenoxy) is 2. The number of nitrogens with zero attached hydrogens (tertiary/aromatic N) is 3. The van der Waals surface area contributed by atoms with Crippen molar-refractivity contribution >= 4 is 35.8 Å². The molecule has 6 rings (SSSR count). The van der Waals surface area contributed by atoms with Crippen molar-refractivity contribution in [2.45, 2.75) is 37.1 Å². The molecule has 2 fully saturated rings. The summed E-state index contributed by atoms with van der Waals surface area (Å²) in [4.78, 5) is 35.1. The number of morpholine rings is 1. The summed E-state index contributed by atoms with van der Waals surface area (Å²) in [5.41, 5.74) is 2.82. The first-order valence-corrected chi connectivity index (χ1v) is 17.3. The van der Waals surface area contributed by atoms with Gasteiger partial charge >= 0.3 is 5.97 Å². The molecule has 2 saturated heterocycles. The second-order valence-corrected chi connectivity index (χ2v) is 13.6. The van der Waals surface area contributed by atoms with Crippen LogP contribution in [0.5, 0.6) is 5.75 Å². The van der Waals surface area contributed by atoms with Crippen molar-refractivity contribution in [3.05, 3.63) is 64.0 Å². The van der Waals surface area contributed by atoms with Crippen molar-refractivity contribution in [2.24, 2.45) is 5.41 Å². The van der Waals surface area contributed by atoms with Crippen molar-refractivity contribution < 1.29 is 24.2 Å². The number of carbonyl (C=O) groups excluding carboxylic acids is 1. The van der Waals surface area contributed by atoms with Crippen LogP contribution in [-0.2, 0) is 33.7 Å². The van der Waals surface area contributed by atoms with E-state index >= 15 is 0 Å². The van der Waals surface area contributed by atoms with Gasteiger partial charge in [0.25, 0.3) is 0 Å². The van der Waals surface area contributed by atoms with Gasteiger partial charge < -0.3 is 30.1 Å². The van der Waals surface area contributed by atoms with E-state index in [0.29, 0.717) is 19.4 Å². The van der Waals surface area contributed by atoms with Crippen molar-refractivity contribution in [3.8, 4) is 17.0 Å². The number of nitrogens with one attached hydrogen (secondary N) is 2. The molecule has 0 spiro atoms. The van der Waals surface area contributed by atoms with Crippen molar-refractivity contribution in [1.82, 2.24) is 25.4 Å².